The summed E-state index contributed by atoms with van der Waals surface area (Å²) in [5.41, 5.74) is 1.56. The van der Waals surface area contributed by atoms with Crippen LogP contribution in [0.3, 0.4) is 0 Å². The Hall–Kier alpha value is -1.36. The molecular formula is C16H21BrN2O2. The van der Waals surface area contributed by atoms with Gasteiger partial charge in [0.25, 0.3) is 5.91 Å². The van der Waals surface area contributed by atoms with E-state index in [-0.39, 0.29) is 11.8 Å². The highest BCUT2D eigenvalue weighted by atomic mass is 79.9. The van der Waals surface area contributed by atoms with Gasteiger partial charge in [0.2, 0.25) is 5.91 Å². The predicted octanol–water partition coefficient (Wildman–Crippen LogP) is 2.89. The van der Waals surface area contributed by atoms with E-state index in [1.807, 2.05) is 24.0 Å². The molecular weight excluding hydrogens is 332 g/mol. The second-order valence-corrected chi connectivity index (χ2v) is 6.21. The Bertz CT molecular complexity index is 525. The number of piperidine rings is 1. The number of likely N-dealkylation sites (tertiary alicyclic amines) is 1. The van der Waals surface area contributed by atoms with Crippen LogP contribution in [0.15, 0.2) is 22.7 Å². The molecule has 1 fully saturated rings. The van der Waals surface area contributed by atoms with Gasteiger partial charge in [-0.25, -0.2) is 0 Å². The Balaban J connectivity index is 1.81. The van der Waals surface area contributed by atoms with E-state index in [9.17, 15) is 9.59 Å². The quantitative estimate of drug-likeness (QED) is 0.905. The maximum Gasteiger partial charge on any atom is 0.251 e. The van der Waals surface area contributed by atoms with Crippen LogP contribution in [0.2, 0.25) is 0 Å². The third-order valence-corrected chi connectivity index (χ3v) is 4.70. The molecule has 2 amide bonds. The molecule has 0 radical (unpaired) electrons. The van der Waals surface area contributed by atoms with Gasteiger partial charge in [-0.15, -0.1) is 0 Å². The fourth-order valence-corrected chi connectivity index (χ4v) is 2.90. The van der Waals surface area contributed by atoms with Gasteiger partial charge < -0.3 is 10.2 Å². The maximum atomic E-state index is 12.1. The smallest absolute Gasteiger partial charge is 0.251 e. The maximum absolute atomic E-state index is 12.1. The summed E-state index contributed by atoms with van der Waals surface area (Å²) in [7, 11) is 0. The highest BCUT2D eigenvalue weighted by molar-refractivity contribution is 9.10. The van der Waals surface area contributed by atoms with Crippen LogP contribution in [-0.2, 0) is 4.79 Å². The topological polar surface area (TPSA) is 49.4 Å². The van der Waals surface area contributed by atoms with Crippen LogP contribution < -0.4 is 5.32 Å². The number of benzene rings is 1. The van der Waals surface area contributed by atoms with Crippen molar-refractivity contribution in [2.45, 2.75) is 32.6 Å². The second kappa shape index (κ2) is 7.59. The minimum Gasteiger partial charge on any atom is -0.352 e. The van der Waals surface area contributed by atoms with E-state index < -0.39 is 0 Å². The number of hydrogen-bond donors (Lipinski definition) is 1. The van der Waals surface area contributed by atoms with Crippen molar-refractivity contribution in [2.24, 2.45) is 0 Å². The predicted molar refractivity (Wildman–Crippen MR) is 86.3 cm³/mol. The van der Waals surface area contributed by atoms with Crippen LogP contribution >= 0.6 is 15.9 Å². The van der Waals surface area contributed by atoms with Gasteiger partial charge in [0.05, 0.1) is 0 Å². The summed E-state index contributed by atoms with van der Waals surface area (Å²) in [6.45, 7) is 4.01. The number of amides is 2. The van der Waals surface area contributed by atoms with Crippen molar-refractivity contribution >= 4 is 27.7 Å². The standard InChI is InChI=1S/C16H21BrN2O2/c1-12-13(6-5-7-14(12)17)16(21)18-9-8-15(20)19-10-3-2-4-11-19/h5-7H,2-4,8-11H2,1H3,(H,18,21). The Labute approximate surface area is 134 Å². The third kappa shape index (κ3) is 4.30. The zero-order valence-corrected chi connectivity index (χ0v) is 13.9. The van der Waals surface area contributed by atoms with Crippen molar-refractivity contribution in [2.75, 3.05) is 19.6 Å². The molecule has 1 aromatic rings. The van der Waals surface area contributed by atoms with Crippen LogP contribution in [0.4, 0.5) is 0 Å². The van der Waals surface area contributed by atoms with E-state index in [0.717, 1.165) is 36.0 Å². The number of nitrogens with zero attached hydrogens (tertiary/aromatic N) is 1. The fourth-order valence-electron chi connectivity index (χ4n) is 2.53. The molecule has 21 heavy (non-hydrogen) atoms. The fraction of sp³-hybridized carbons (Fsp3) is 0.500. The molecule has 114 valence electrons. The molecule has 0 atom stereocenters. The normalized spacial score (nSPS) is 14.9. The highest BCUT2D eigenvalue weighted by Gasteiger charge is 2.16. The van der Waals surface area contributed by atoms with Crippen LogP contribution in [0, 0.1) is 6.92 Å². The molecule has 0 saturated carbocycles. The number of carbonyl (C=O) groups excluding carboxylic acids is 2. The number of nitrogens with one attached hydrogen (secondary N) is 1. The van der Waals surface area contributed by atoms with Gasteiger partial charge in [-0.3, -0.25) is 9.59 Å². The van der Waals surface area contributed by atoms with Crippen LogP contribution in [0.5, 0.6) is 0 Å². The molecule has 0 aliphatic carbocycles. The number of halogens is 1. The molecule has 1 saturated heterocycles. The minimum atomic E-state index is -0.125. The van der Waals surface area contributed by atoms with Crippen molar-refractivity contribution in [3.63, 3.8) is 0 Å². The van der Waals surface area contributed by atoms with Crippen molar-refractivity contribution in [1.29, 1.82) is 0 Å². The lowest BCUT2D eigenvalue weighted by atomic mass is 10.1. The van der Waals surface area contributed by atoms with E-state index in [1.54, 1.807) is 6.07 Å². The van der Waals surface area contributed by atoms with Gasteiger partial charge in [0, 0.05) is 36.1 Å². The van der Waals surface area contributed by atoms with E-state index >= 15 is 0 Å². The third-order valence-electron chi connectivity index (χ3n) is 3.85. The molecule has 4 nitrogen and oxygen atoms in total. The van der Waals surface area contributed by atoms with E-state index in [4.69, 9.17) is 0 Å². The summed E-state index contributed by atoms with van der Waals surface area (Å²) >= 11 is 3.42. The van der Waals surface area contributed by atoms with Gasteiger partial charge in [-0.1, -0.05) is 22.0 Å². The van der Waals surface area contributed by atoms with Crippen molar-refractivity contribution in [3.05, 3.63) is 33.8 Å². The first kappa shape index (κ1) is 16.0. The lowest BCUT2D eigenvalue weighted by Crippen LogP contribution is -2.37. The van der Waals surface area contributed by atoms with E-state index in [1.165, 1.54) is 6.42 Å². The molecule has 5 heteroatoms. The number of rotatable bonds is 4. The van der Waals surface area contributed by atoms with Gasteiger partial charge in [-0.2, -0.15) is 0 Å². The SMILES string of the molecule is Cc1c(Br)cccc1C(=O)NCCC(=O)N1CCCCC1. The summed E-state index contributed by atoms with van der Waals surface area (Å²) in [5.74, 6) is 0.0150. The van der Waals surface area contributed by atoms with Gasteiger partial charge in [-0.05, 0) is 43.9 Å². The number of hydrogen-bond acceptors (Lipinski definition) is 2. The highest BCUT2D eigenvalue weighted by Crippen LogP contribution is 2.19. The molecule has 0 bridgehead atoms. The summed E-state index contributed by atoms with van der Waals surface area (Å²) in [5, 5.41) is 2.83. The number of carbonyl (C=O) groups is 2. The lowest BCUT2D eigenvalue weighted by molar-refractivity contribution is -0.131. The Morgan fingerprint density at radius 2 is 1.95 bits per heavy atom. The Kier molecular flexibility index (Phi) is 5.79. The summed E-state index contributed by atoms with van der Waals surface area (Å²) < 4.78 is 0.916. The summed E-state index contributed by atoms with van der Waals surface area (Å²) in [6.07, 6.45) is 3.77. The molecule has 0 unspecified atom stereocenters. The zero-order valence-electron chi connectivity index (χ0n) is 12.3. The second-order valence-electron chi connectivity index (χ2n) is 5.36. The van der Waals surface area contributed by atoms with Crippen molar-refractivity contribution < 1.29 is 9.59 Å². The molecule has 2 rings (SSSR count). The van der Waals surface area contributed by atoms with E-state index in [0.29, 0.717) is 18.5 Å². The molecule has 1 aliphatic rings. The largest absolute Gasteiger partial charge is 0.352 e. The summed E-state index contributed by atoms with van der Waals surface area (Å²) in [6, 6.07) is 5.54. The van der Waals surface area contributed by atoms with Crippen molar-refractivity contribution in [3.8, 4) is 0 Å². The average molecular weight is 353 g/mol. The Morgan fingerprint density at radius 3 is 2.67 bits per heavy atom. The van der Waals surface area contributed by atoms with Crippen LogP contribution in [-0.4, -0.2) is 36.3 Å². The van der Waals surface area contributed by atoms with Gasteiger partial charge in [0.1, 0.15) is 0 Å². The first-order valence-electron chi connectivity index (χ1n) is 7.40. The Morgan fingerprint density at radius 1 is 1.24 bits per heavy atom. The minimum absolute atomic E-state index is 0.125. The molecule has 1 aliphatic heterocycles. The van der Waals surface area contributed by atoms with Crippen LogP contribution in [0.1, 0.15) is 41.6 Å². The first-order valence-corrected chi connectivity index (χ1v) is 8.20. The zero-order chi connectivity index (χ0) is 15.2. The molecule has 0 aromatic heterocycles. The van der Waals surface area contributed by atoms with E-state index in [2.05, 4.69) is 21.2 Å². The molecule has 1 heterocycles. The van der Waals surface area contributed by atoms with Gasteiger partial charge >= 0.3 is 0 Å². The molecule has 1 aromatic carbocycles. The summed E-state index contributed by atoms with van der Waals surface area (Å²) in [4.78, 5) is 26.0. The molecule has 0 spiro atoms. The first-order chi connectivity index (χ1) is 10.1. The van der Waals surface area contributed by atoms with Crippen LogP contribution in [0.25, 0.3) is 0 Å². The molecule has 1 N–H and O–H groups in total. The average Bonchev–Trinajstić information content (AvgIpc) is 2.50. The van der Waals surface area contributed by atoms with Crippen molar-refractivity contribution in [1.82, 2.24) is 10.2 Å². The lowest BCUT2D eigenvalue weighted by Gasteiger charge is -2.26. The monoisotopic (exact) mass is 352 g/mol. The van der Waals surface area contributed by atoms with Gasteiger partial charge in [0.15, 0.2) is 0 Å².